The lowest BCUT2D eigenvalue weighted by molar-refractivity contribution is 0.169. The average molecular weight is 261 g/mol. The largest absolute Gasteiger partial charge is 0.497 e. The fourth-order valence-corrected chi connectivity index (χ4v) is 1.73. The molecule has 0 saturated heterocycles. The fourth-order valence-electron chi connectivity index (χ4n) is 1.73. The molecule has 0 unspecified atom stereocenters. The number of hydrogen-bond acceptors (Lipinski definition) is 3. The standard InChI is InChI=1S/C15H23N3O/c1-12(2)18(13(3)4)17-16-11-10-14-6-8-15(19-5)9-7-14/h6-13H,1-5H3/b11-10-,17-16?. The summed E-state index contributed by atoms with van der Waals surface area (Å²) in [6.45, 7) is 8.41. The Labute approximate surface area is 115 Å². The van der Waals surface area contributed by atoms with Crippen molar-refractivity contribution in [3.63, 3.8) is 0 Å². The van der Waals surface area contributed by atoms with Crippen molar-refractivity contribution in [2.24, 2.45) is 10.3 Å². The highest BCUT2D eigenvalue weighted by molar-refractivity contribution is 5.50. The first-order chi connectivity index (χ1) is 9.04. The van der Waals surface area contributed by atoms with Crippen LogP contribution in [0.3, 0.4) is 0 Å². The first-order valence-electron chi connectivity index (χ1n) is 6.54. The third kappa shape index (κ3) is 5.12. The lowest BCUT2D eigenvalue weighted by Crippen LogP contribution is -2.31. The minimum absolute atomic E-state index is 0.345. The van der Waals surface area contributed by atoms with E-state index in [1.807, 2.05) is 35.4 Å². The van der Waals surface area contributed by atoms with Crippen molar-refractivity contribution < 1.29 is 4.74 Å². The molecule has 0 bridgehead atoms. The van der Waals surface area contributed by atoms with Gasteiger partial charge in [0.1, 0.15) is 5.75 Å². The van der Waals surface area contributed by atoms with Crippen LogP contribution in [0.4, 0.5) is 0 Å². The summed E-state index contributed by atoms with van der Waals surface area (Å²) in [5.74, 6) is 0.851. The minimum Gasteiger partial charge on any atom is -0.497 e. The third-order valence-corrected chi connectivity index (χ3v) is 2.66. The summed E-state index contributed by atoms with van der Waals surface area (Å²) < 4.78 is 5.11. The summed E-state index contributed by atoms with van der Waals surface area (Å²) in [4.78, 5) is 0. The highest BCUT2D eigenvalue weighted by Gasteiger charge is 2.09. The Bertz CT molecular complexity index is 414. The van der Waals surface area contributed by atoms with E-state index in [-0.39, 0.29) is 0 Å². The van der Waals surface area contributed by atoms with E-state index in [1.54, 1.807) is 13.3 Å². The van der Waals surface area contributed by atoms with Crippen molar-refractivity contribution in [3.05, 3.63) is 36.0 Å². The molecule has 0 aliphatic carbocycles. The van der Waals surface area contributed by atoms with Crippen molar-refractivity contribution >= 4 is 6.08 Å². The number of hydrogen-bond donors (Lipinski definition) is 0. The van der Waals surface area contributed by atoms with Crippen molar-refractivity contribution in [1.82, 2.24) is 5.01 Å². The van der Waals surface area contributed by atoms with Crippen LogP contribution in [0.2, 0.25) is 0 Å². The smallest absolute Gasteiger partial charge is 0.118 e. The molecule has 0 spiro atoms. The van der Waals surface area contributed by atoms with Gasteiger partial charge in [0.25, 0.3) is 0 Å². The summed E-state index contributed by atoms with van der Waals surface area (Å²) in [7, 11) is 1.66. The number of benzene rings is 1. The van der Waals surface area contributed by atoms with Crippen LogP contribution in [-0.4, -0.2) is 24.2 Å². The molecular weight excluding hydrogens is 238 g/mol. The van der Waals surface area contributed by atoms with Gasteiger partial charge in [-0.25, -0.2) is 0 Å². The molecule has 0 fully saturated rings. The highest BCUT2D eigenvalue weighted by Crippen LogP contribution is 2.12. The molecule has 0 radical (unpaired) electrons. The molecule has 1 aromatic rings. The number of methoxy groups -OCH3 is 1. The zero-order chi connectivity index (χ0) is 14.3. The second-order valence-corrected chi connectivity index (χ2v) is 4.86. The quantitative estimate of drug-likeness (QED) is 0.569. The SMILES string of the molecule is COc1ccc(/C=C\N=NN(C(C)C)C(C)C)cc1. The molecular formula is C15H23N3O. The topological polar surface area (TPSA) is 37.2 Å². The van der Waals surface area contributed by atoms with E-state index in [2.05, 4.69) is 38.0 Å². The Morgan fingerprint density at radius 1 is 1.05 bits per heavy atom. The van der Waals surface area contributed by atoms with Gasteiger partial charge < -0.3 is 4.74 Å². The third-order valence-electron chi connectivity index (χ3n) is 2.66. The van der Waals surface area contributed by atoms with Gasteiger partial charge in [-0.1, -0.05) is 17.4 Å². The Balaban J connectivity index is 2.61. The number of nitrogens with zero attached hydrogens (tertiary/aromatic N) is 3. The van der Waals surface area contributed by atoms with E-state index < -0.39 is 0 Å². The monoisotopic (exact) mass is 261 g/mol. The molecule has 0 aliphatic rings. The van der Waals surface area contributed by atoms with Crippen molar-refractivity contribution in [1.29, 1.82) is 0 Å². The molecule has 19 heavy (non-hydrogen) atoms. The van der Waals surface area contributed by atoms with Crippen LogP contribution in [0.5, 0.6) is 5.75 Å². The van der Waals surface area contributed by atoms with Gasteiger partial charge in [-0.05, 0) is 51.5 Å². The van der Waals surface area contributed by atoms with Crippen LogP contribution in [-0.2, 0) is 0 Å². The molecule has 0 aromatic heterocycles. The predicted molar refractivity (Wildman–Crippen MR) is 79.0 cm³/mol. The van der Waals surface area contributed by atoms with Gasteiger partial charge in [0.15, 0.2) is 0 Å². The Kier molecular flexibility index (Phi) is 6.06. The van der Waals surface area contributed by atoms with Gasteiger partial charge in [-0.3, -0.25) is 5.01 Å². The van der Waals surface area contributed by atoms with Crippen LogP contribution in [0.1, 0.15) is 33.3 Å². The molecule has 0 heterocycles. The number of rotatable bonds is 6. The van der Waals surface area contributed by atoms with Crippen LogP contribution >= 0.6 is 0 Å². The maximum absolute atomic E-state index is 5.11. The van der Waals surface area contributed by atoms with E-state index >= 15 is 0 Å². The van der Waals surface area contributed by atoms with Crippen LogP contribution in [0.25, 0.3) is 6.08 Å². The van der Waals surface area contributed by atoms with E-state index in [9.17, 15) is 0 Å². The molecule has 1 rings (SSSR count). The Morgan fingerprint density at radius 2 is 1.63 bits per heavy atom. The van der Waals surface area contributed by atoms with E-state index in [4.69, 9.17) is 4.74 Å². The van der Waals surface area contributed by atoms with E-state index in [0.717, 1.165) is 11.3 Å². The Morgan fingerprint density at radius 3 is 2.11 bits per heavy atom. The van der Waals surface area contributed by atoms with Gasteiger partial charge in [0.2, 0.25) is 0 Å². The van der Waals surface area contributed by atoms with Gasteiger partial charge in [-0.15, -0.1) is 5.11 Å². The zero-order valence-corrected chi connectivity index (χ0v) is 12.4. The Hall–Kier alpha value is -1.84. The molecule has 0 saturated carbocycles. The van der Waals surface area contributed by atoms with Gasteiger partial charge in [0, 0.05) is 12.1 Å². The molecule has 0 atom stereocenters. The molecule has 0 aliphatic heterocycles. The summed E-state index contributed by atoms with van der Waals surface area (Å²) in [5, 5.41) is 10.3. The summed E-state index contributed by atoms with van der Waals surface area (Å²) >= 11 is 0. The molecule has 104 valence electrons. The lowest BCUT2D eigenvalue weighted by atomic mass is 10.2. The highest BCUT2D eigenvalue weighted by atomic mass is 16.5. The van der Waals surface area contributed by atoms with Gasteiger partial charge in [-0.2, -0.15) is 0 Å². The first kappa shape index (κ1) is 15.2. The van der Waals surface area contributed by atoms with Gasteiger partial charge >= 0.3 is 0 Å². The summed E-state index contributed by atoms with van der Waals surface area (Å²) in [5.41, 5.74) is 1.07. The maximum Gasteiger partial charge on any atom is 0.118 e. The lowest BCUT2D eigenvalue weighted by Gasteiger charge is -2.25. The minimum atomic E-state index is 0.345. The van der Waals surface area contributed by atoms with Crippen molar-refractivity contribution in [3.8, 4) is 5.75 Å². The second kappa shape index (κ2) is 7.56. The molecule has 4 nitrogen and oxygen atoms in total. The molecule has 4 heteroatoms. The number of ether oxygens (including phenoxy) is 1. The molecule has 0 N–H and O–H groups in total. The molecule has 0 amide bonds. The van der Waals surface area contributed by atoms with Crippen LogP contribution < -0.4 is 4.74 Å². The summed E-state index contributed by atoms with van der Waals surface area (Å²) in [6, 6.07) is 8.49. The predicted octanol–water partition coefficient (Wildman–Crippen LogP) is 4.15. The fraction of sp³-hybridized carbons (Fsp3) is 0.467. The summed E-state index contributed by atoms with van der Waals surface area (Å²) in [6.07, 6.45) is 3.63. The van der Waals surface area contributed by atoms with Gasteiger partial charge in [0.05, 0.1) is 13.3 Å². The zero-order valence-electron chi connectivity index (χ0n) is 12.4. The van der Waals surface area contributed by atoms with E-state index in [1.165, 1.54) is 0 Å². The van der Waals surface area contributed by atoms with Crippen LogP contribution in [0.15, 0.2) is 40.8 Å². The normalized spacial score (nSPS) is 11.9. The second-order valence-electron chi connectivity index (χ2n) is 4.86. The first-order valence-corrected chi connectivity index (χ1v) is 6.54. The van der Waals surface area contributed by atoms with Crippen molar-refractivity contribution in [2.45, 2.75) is 39.8 Å². The maximum atomic E-state index is 5.11. The van der Waals surface area contributed by atoms with Crippen molar-refractivity contribution in [2.75, 3.05) is 7.11 Å². The van der Waals surface area contributed by atoms with Crippen LogP contribution in [0, 0.1) is 0 Å². The van der Waals surface area contributed by atoms with E-state index in [0.29, 0.717) is 12.1 Å². The molecule has 1 aromatic carbocycles. The average Bonchev–Trinajstić information content (AvgIpc) is 2.38.